The van der Waals surface area contributed by atoms with Crippen molar-refractivity contribution in [2.75, 3.05) is 6.54 Å². The molecule has 158 valence electrons. The molecule has 0 bridgehead atoms. The molecular weight excluding hydrogens is 390 g/mol. The number of hydrogen-bond donors (Lipinski definition) is 3. The van der Waals surface area contributed by atoms with Crippen molar-refractivity contribution in [1.29, 1.82) is 5.26 Å². The molecule has 1 unspecified atom stereocenters. The molecular formula is C24H25N5O2. The Morgan fingerprint density at radius 3 is 2.55 bits per heavy atom. The van der Waals surface area contributed by atoms with Crippen LogP contribution in [-0.2, 0) is 16.8 Å². The van der Waals surface area contributed by atoms with E-state index in [-0.39, 0.29) is 18.5 Å². The molecule has 1 aromatic heterocycles. The Hall–Kier alpha value is -3.79. The summed E-state index contributed by atoms with van der Waals surface area (Å²) in [6.45, 7) is 1.98. The summed E-state index contributed by atoms with van der Waals surface area (Å²) in [5.74, 6) is -0.421. The summed E-state index contributed by atoms with van der Waals surface area (Å²) in [6, 6.07) is 16.4. The number of nitrogens with one attached hydrogen (secondary N) is 3. The van der Waals surface area contributed by atoms with Crippen molar-refractivity contribution in [3.8, 4) is 6.19 Å². The number of likely N-dealkylation sites (N-methyl/N-ethyl adjacent to an activating group) is 1. The lowest BCUT2D eigenvalue weighted by molar-refractivity contribution is -0.129. The summed E-state index contributed by atoms with van der Waals surface area (Å²) in [6.07, 6.45) is 5.75. The standard InChI is InChI=1S/C24H25N5O2/c1-2-29(16-25)22(30)21(14-17-15-26-20-11-7-6-10-19(17)20)27-23(31)28-24(12-13-24)18-8-4-3-5-9-18/h3-11,15,21,26H,2,12-14H2,1H3,(H2,27,28,31). The first kappa shape index (κ1) is 20.5. The highest BCUT2D eigenvalue weighted by Crippen LogP contribution is 2.45. The van der Waals surface area contributed by atoms with Gasteiger partial charge in [-0.25, -0.2) is 9.69 Å². The molecule has 3 N–H and O–H groups in total. The van der Waals surface area contributed by atoms with Crippen molar-refractivity contribution >= 4 is 22.8 Å². The normalized spacial score (nSPS) is 15.0. The van der Waals surface area contributed by atoms with Gasteiger partial charge in [-0.1, -0.05) is 48.5 Å². The van der Waals surface area contributed by atoms with Gasteiger partial charge in [0.05, 0.1) is 5.54 Å². The van der Waals surface area contributed by atoms with Gasteiger partial charge >= 0.3 is 6.03 Å². The van der Waals surface area contributed by atoms with Gasteiger partial charge in [-0.3, -0.25) is 4.79 Å². The molecule has 4 rings (SSSR count). The van der Waals surface area contributed by atoms with Crippen LogP contribution >= 0.6 is 0 Å². The van der Waals surface area contributed by atoms with E-state index in [9.17, 15) is 14.9 Å². The molecule has 0 spiro atoms. The van der Waals surface area contributed by atoms with E-state index in [1.807, 2.05) is 67.0 Å². The van der Waals surface area contributed by atoms with Gasteiger partial charge < -0.3 is 15.6 Å². The molecule has 31 heavy (non-hydrogen) atoms. The van der Waals surface area contributed by atoms with Crippen molar-refractivity contribution in [3.63, 3.8) is 0 Å². The van der Waals surface area contributed by atoms with E-state index in [2.05, 4.69) is 15.6 Å². The van der Waals surface area contributed by atoms with E-state index in [1.54, 1.807) is 6.92 Å². The number of rotatable bonds is 7. The van der Waals surface area contributed by atoms with Crippen molar-refractivity contribution in [3.05, 3.63) is 71.9 Å². The maximum atomic E-state index is 13.0. The first-order chi connectivity index (χ1) is 15.1. The van der Waals surface area contributed by atoms with Crippen molar-refractivity contribution in [1.82, 2.24) is 20.5 Å². The lowest BCUT2D eigenvalue weighted by Crippen LogP contribution is -2.53. The molecule has 7 nitrogen and oxygen atoms in total. The first-order valence-corrected chi connectivity index (χ1v) is 10.5. The quantitative estimate of drug-likeness (QED) is 0.407. The van der Waals surface area contributed by atoms with Crippen LogP contribution in [-0.4, -0.2) is 34.4 Å². The van der Waals surface area contributed by atoms with E-state index in [0.29, 0.717) is 0 Å². The third kappa shape index (κ3) is 4.24. The molecule has 3 aromatic rings. The number of hydrogen-bond acceptors (Lipinski definition) is 3. The lowest BCUT2D eigenvalue weighted by Gasteiger charge is -2.24. The van der Waals surface area contributed by atoms with E-state index >= 15 is 0 Å². The molecule has 0 saturated heterocycles. The van der Waals surface area contributed by atoms with E-state index < -0.39 is 18.0 Å². The number of benzene rings is 2. The van der Waals surface area contributed by atoms with Crippen molar-refractivity contribution in [2.24, 2.45) is 0 Å². The number of nitrogens with zero attached hydrogens (tertiary/aromatic N) is 2. The van der Waals surface area contributed by atoms with Gasteiger partial charge in [-0.2, -0.15) is 5.26 Å². The monoisotopic (exact) mass is 415 g/mol. The number of aromatic amines is 1. The number of fused-ring (bicyclic) bond motifs is 1. The maximum absolute atomic E-state index is 13.0. The predicted octanol–water partition coefficient (Wildman–Crippen LogP) is 3.40. The molecule has 3 amide bonds. The fourth-order valence-electron chi connectivity index (χ4n) is 3.96. The second-order valence-electron chi connectivity index (χ2n) is 7.85. The predicted molar refractivity (Wildman–Crippen MR) is 118 cm³/mol. The number of carbonyl (C=O) groups is 2. The highest BCUT2D eigenvalue weighted by atomic mass is 16.2. The van der Waals surface area contributed by atoms with Crippen LogP contribution in [0.15, 0.2) is 60.8 Å². The number of H-pyrrole nitrogens is 1. The number of urea groups is 1. The summed E-state index contributed by atoms with van der Waals surface area (Å²) in [4.78, 5) is 30.2. The number of nitriles is 1. The van der Waals surface area contributed by atoms with E-state index in [4.69, 9.17) is 0 Å². The minimum Gasteiger partial charge on any atom is -0.361 e. The largest absolute Gasteiger partial charge is 0.361 e. The lowest BCUT2D eigenvalue weighted by atomic mass is 10.0. The van der Waals surface area contributed by atoms with Crippen LogP contribution in [0.5, 0.6) is 0 Å². The second-order valence-corrected chi connectivity index (χ2v) is 7.85. The summed E-state index contributed by atoms with van der Waals surface area (Å²) in [5.41, 5.74) is 2.53. The fraction of sp³-hybridized carbons (Fsp3) is 0.292. The van der Waals surface area contributed by atoms with Crippen LogP contribution in [0.4, 0.5) is 4.79 Å². The SMILES string of the molecule is CCN(C#N)C(=O)C(Cc1c[nH]c2ccccc12)NC(=O)NC1(c2ccccc2)CC1. The zero-order valence-electron chi connectivity index (χ0n) is 17.4. The highest BCUT2D eigenvalue weighted by molar-refractivity contribution is 5.90. The Morgan fingerprint density at radius 2 is 1.87 bits per heavy atom. The summed E-state index contributed by atoms with van der Waals surface area (Å²) >= 11 is 0. The van der Waals surface area contributed by atoms with Crippen LogP contribution in [0.25, 0.3) is 10.9 Å². The average Bonchev–Trinajstić information content (AvgIpc) is 3.47. The third-order valence-electron chi connectivity index (χ3n) is 5.83. The first-order valence-electron chi connectivity index (χ1n) is 10.5. The minimum atomic E-state index is -0.856. The number of aromatic nitrogens is 1. The molecule has 1 fully saturated rings. The zero-order valence-corrected chi connectivity index (χ0v) is 17.4. The Kier molecular flexibility index (Phi) is 5.63. The molecule has 1 saturated carbocycles. The highest BCUT2D eigenvalue weighted by Gasteiger charge is 2.46. The Labute approximate surface area is 181 Å². The fourth-order valence-corrected chi connectivity index (χ4v) is 3.96. The second kappa shape index (κ2) is 8.52. The number of para-hydroxylation sites is 1. The summed E-state index contributed by atoms with van der Waals surface area (Å²) in [5, 5.41) is 16.2. The van der Waals surface area contributed by atoms with Crippen LogP contribution in [0, 0.1) is 11.5 Å². The molecule has 1 aliphatic rings. The molecule has 1 atom stereocenters. The molecule has 2 aromatic carbocycles. The van der Waals surface area contributed by atoms with E-state index in [0.717, 1.165) is 39.8 Å². The zero-order chi connectivity index (χ0) is 21.8. The van der Waals surface area contributed by atoms with Gasteiger partial charge in [0.25, 0.3) is 5.91 Å². The van der Waals surface area contributed by atoms with Gasteiger partial charge in [0.15, 0.2) is 6.19 Å². The Morgan fingerprint density at radius 1 is 1.16 bits per heavy atom. The minimum absolute atomic E-state index is 0.247. The van der Waals surface area contributed by atoms with Crippen molar-refractivity contribution < 1.29 is 9.59 Å². The third-order valence-corrected chi connectivity index (χ3v) is 5.83. The van der Waals surface area contributed by atoms with Crippen LogP contribution < -0.4 is 10.6 Å². The Balaban J connectivity index is 1.54. The van der Waals surface area contributed by atoms with Crippen LogP contribution in [0.1, 0.15) is 30.9 Å². The van der Waals surface area contributed by atoms with Gasteiger partial charge in [0.1, 0.15) is 6.04 Å². The van der Waals surface area contributed by atoms with E-state index in [1.165, 1.54) is 0 Å². The van der Waals surface area contributed by atoms with Gasteiger partial charge in [0, 0.05) is 30.1 Å². The van der Waals surface area contributed by atoms with Crippen molar-refractivity contribution in [2.45, 2.75) is 37.8 Å². The molecule has 1 heterocycles. The molecule has 7 heteroatoms. The number of carbonyl (C=O) groups excluding carboxylic acids is 2. The Bertz CT molecular complexity index is 1130. The molecule has 1 aliphatic carbocycles. The van der Waals surface area contributed by atoms with Crippen LogP contribution in [0.3, 0.4) is 0 Å². The number of amides is 3. The summed E-state index contributed by atoms with van der Waals surface area (Å²) < 4.78 is 0. The topological polar surface area (TPSA) is 101 Å². The molecule has 0 radical (unpaired) electrons. The average molecular weight is 415 g/mol. The maximum Gasteiger partial charge on any atom is 0.316 e. The van der Waals surface area contributed by atoms with Gasteiger partial charge in [-0.15, -0.1) is 0 Å². The van der Waals surface area contributed by atoms with Crippen LogP contribution in [0.2, 0.25) is 0 Å². The smallest absolute Gasteiger partial charge is 0.316 e. The molecule has 0 aliphatic heterocycles. The van der Waals surface area contributed by atoms with Gasteiger partial charge in [0.2, 0.25) is 0 Å². The van der Waals surface area contributed by atoms with Gasteiger partial charge in [-0.05, 0) is 37.0 Å². The summed E-state index contributed by atoms with van der Waals surface area (Å²) in [7, 11) is 0.